The first-order chi connectivity index (χ1) is 7.21. The number of anilines is 1. The van der Waals surface area contributed by atoms with Crippen LogP contribution < -0.4 is 5.32 Å². The molecule has 1 rings (SSSR count). The molecule has 1 aromatic rings. The zero-order valence-corrected chi connectivity index (χ0v) is 8.84. The smallest absolute Gasteiger partial charge is 0.316 e. The normalized spacial score (nSPS) is 11.4. The first-order valence-corrected chi connectivity index (χ1v) is 4.50. The van der Waals surface area contributed by atoms with Crippen molar-refractivity contribution in [3.05, 3.63) is 28.0 Å². The fourth-order valence-corrected chi connectivity index (χ4v) is 1.40. The molecule has 0 saturated heterocycles. The van der Waals surface area contributed by atoms with Gasteiger partial charge in [-0.3, -0.25) is 4.79 Å². The molecule has 1 N–H and O–H groups in total. The van der Waals surface area contributed by atoms with Crippen LogP contribution in [0.25, 0.3) is 0 Å². The van der Waals surface area contributed by atoms with E-state index in [9.17, 15) is 22.4 Å². The van der Waals surface area contributed by atoms with E-state index in [1.165, 1.54) is 5.32 Å². The minimum atomic E-state index is -5.07. The number of hydrogen-bond donors (Lipinski definition) is 1. The van der Waals surface area contributed by atoms with Crippen LogP contribution in [-0.4, -0.2) is 12.1 Å². The largest absolute Gasteiger partial charge is 0.471 e. The van der Waals surface area contributed by atoms with Crippen molar-refractivity contribution in [2.24, 2.45) is 0 Å². The summed E-state index contributed by atoms with van der Waals surface area (Å²) in [4.78, 5) is 10.6. The fourth-order valence-electron chi connectivity index (χ4n) is 0.846. The third-order valence-electron chi connectivity index (χ3n) is 1.50. The van der Waals surface area contributed by atoms with Gasteiger partial charge in [-0.25, -0.2) is 4.39 Å². The highest BCUT2D eigenvalue weighted by molar-refractivity contribution is 6.39. The van der Waals surface area contributed by atoms with Gasteiger partial charge in [0.1, 0.15) is 5.82 Å². The van der Waals surface area contributed by atoms with Crippen molar-refractivity contribution in [1.29, 1.82) is 0 Å². The van der Waals surface area contributed by atoms with Crippen LogP contribution in [0, 0.1) is 5.82 Å². The van der Waals surface area contributed by atoms with Gasteiger partial charge in [0.2, 0.25) is 0 Å². The van der Waals surface area contributed by atoms with E-state index in [1.807, 2.05) is 0 Å². The molecule has 0 aliphatic heterocycles. The predicted octanol–water partition coefficient (Wildman–Crippen LogP) is 3.63. The van der Waals surface area contributed by atoms with Crippen molar-refractivity contribution in [1.82, 2.24) is 0 Å². The van der Waals surface area contributed by atoms with E-state index in [0.29, 0.717) is 0 Å². The summed E-state index contributed by atoms with van der Waals surface area (Å²) in [7, 11) is 0. The molecule has 0 bridgehead atoms. The van der Waals surface area contributed by atoms with Gasteiger partial charge >= 0.3 is 12.1 Å². The van der Waals surface area contributed by atoms with Crippen molar-refractivity contribution in [2.45, 2.75) is 6.18 Å². The second-order valence-corrected chi connectivity index (χ2v) is 3.51. The number of rotatable bonds is 1. The van der Waals surface area contributed by atoms with E-state index in [2.05, 4.69) is 0 Å². The van der Waals surface area contributed by atoms with Crippen LogP contribution in [0.4, 0.5) is 23.2 Å². The monoisotopic (exact) mass is 275 g/mol. The van der Waals surface area contributed by atoms with Crippen LogP contribution in [0.15, 0.2) is 12.1 Å². The first kappa shape index (κ1) is 13.1. The number of amides is 1. The lowest BCUT2D eigenvalue weighted by Gasteiger charge is -2.10. The Morgan fingerprint density at radius 3 is 2.00 bits per heavy atom. The number of hydrogen-bond acceptors (Lipinski definition) is 1. The van der Waals surface area contributed by atoms with E-state index >= 15 is 0 Å². The molecule has 0 saturated carbocycles. The van der Waals surface area contributed by atoms with Crippen LogP contribution in [0.3, 0.4) is 0 Å². The van der Waals surface area contributed by atoms with Crippen molar-refractivity contribution in [3.8, 4) is 0 Å². The molecule has 0 radical (unpaired) electrons. The molecule has 0 aliphatic rings. The third-order valence-corrected chi connectivity index (χ3v) is 2.10. The summed E-state index contributed by atoms with van der Waals surface area (Å²) < 4.78 is 48.4. The molecule has 0 aromatic heterocycles. The lowest BCUT2D eigenvalue weighted by molar-refractivity contribution is -0.167. The van der Waals surface area contributed by atoms with Crippen LogP contribution in [0.2, 0.25) is 10.0 Å². The number of carbonyl (C=O) groups is 1. The number of nitrogens with one attached hydrogen (secondary N) is 1. The van der Waals surface area contributed by atoms with Crippen LogP contribution >= 0.6 is 23.2 Å². The van der Waals surface area contributed by atoms with Gasteiger partial charge in [0.25, 0.3) is 0 Å². The minimum Gasteiger partial charge on any atom is -0.316 e. The molecule has 0 atom stereocenters. The van der Waals surface area contributed by atoms with E-state index in [-0.39, 0.29) is 0 Å². The Morgan fingerprint density at radius 1 is 1.19 bits per heavy atom. The standard InChI is InChI=1S/C8H3Cl2F4NO/c9-4-1-3(11)2-5(10)6(4)15-7(16)8(12,13)14/h1-2H,(H,15,16). The first-order valence-electron chi connectivity index (χ1n) is 3.74. The van der Waals surface area contributed by atoms with Gasteiger partial charge in [-0.2, -0.15) is 13.2 Å². The SMILES string of the molecule is O=C(Nc1c(Cl)cc(F)cc1Cl)C(F)(F)F. The molecular weight excluding hydrogens is 273 g/mol. The van der Waals surface area contributed by atoms with Crippen LogP contribution in [0.5, 0.6) is 0 Å². The maximum atomic E-state index is 12.7. The molecule has 0 heterocycles. The highest BCUT2D eigenvalue weighted by atomic mass is 35.5. The summed E-state index contributed by atoms with van der Waals surface area (Å²) >= 11 is 10.8. The maximum Gasteiger partial charge on any atom is 0.471 e. The Kier molecular flexibility index (Phi) is 3.64. The summed E-state index contributed by atoms with van der Waals surface area (Å²) in [5.74, 6) is -3.05. The van der Waals surface area contributed by atoms with Gasteiger partial charge in [0, 0.05) is 0 Å². The van der Waals surface area contributed by atoms with Crippen molar-refractivity contribution >= 4 is 34.8 Å². The quantitative estimate of drug-likeness (QED) is 0.779. The molecule has 1 aromatic carbocycles. The number of benzene rings is 1. The highest BCUT2D eigenvalue weighted by Crippen LogP contribution is 2.32. The minimum absolute atomic E-state index is 0.414. The van der Waals surface area contributed by atoms with Crippen molar-refractivity contribution in [3.63, 3.8) is 0 Å². The van der Waals surface area contributed by atoms with Gasteiger partial charge in [-0.15, -0.1) is 0 Å². The second kappa shape index (κ2) is 4.47. The van der Waals surface area contributed by atoms with Crippen LogP contribution in [0.1, 0.15) is 0 Å². The molecule has 0 aliphatic carbocycles. The van der Waals surface area contributed by atoms with Gasteiger partial charge < -0.3 is 5.32 Å². The Morgan fingerprint density at radius 2 is 1.62 bits per heavy atom. The summed E-state index contributed by atoms with van der Waals surface area (Å²) in [6, 6.07) is 1.47. The molecule has 1 amide bonds. The van der Waals surface area contributed by atoms with Gasteiger partial charge in [-0.1, -0.05) is 23.2 Å². The number of alkyl halides is 3. The molecule has 88 valence electrons. The topological polar surface area (TPSA) is 29.1 Å². The van der Waals surface area contributed by atoms with Crippen LogP contribution in [-0.2, 0) is 4.79 Å². The van der Waals surface area contributed by atoms with E-state index in [0.717, 1.165) is 12.1 Å². The fraction of sp³-hybridized carbons (Fsp3) is 0.125. The second-order valence-electron chi connectivity index (χ2n) is 2.70. The third kappa shape index (κ3) is 2.99. The van der Waals surface area contributed by atoms with E-state index < -0.39 is 33.6 Å². The molecular formula is C8H3Cl2F4NO. The number of halogens is 6. The zero-order chi connectivity index (χ0) is 12.5. The number of carbonyl (C=O) groups excluding carboxylic acids is 1. The lowest BCUT2D eigenvalue weighted by Crippen LogP contribution is -2.30. The summed E-state index contributed by atoms with van der Waals surface area (Å²) in [5.41, 5.74) is -0.480. The molecule has 8 heteroatoms. The Labute approximate surface area is 97.1 Å². The molecule has 16 heavy (non-hydrogen) atoms. The maximum absolute atomic E-state index is 12.7. The lowest BCUT2D eigenvalue weighted by atomic mass is 10.3. The van der Waals surface area contributed by atoms with Crippen molar-refractivity contribution < 1.29 is 22.4 Å². The average molecular weight is 276 g/mol. The Balaban J connectivity index is 3.03. The Bertz CT molecular complexity index is 410. The predicted molar refractivity (Wildman–Crippen MR) is 51.1 cm³/mol. The summed E-state index contributed by atoms with van der Waals surface area (Å²) in [5, 5.41) is 0.623. The zero-order valence-electron chi connectivity index (χ0n) is 7.33. The molecule has 0 unspecified atom stereocenters. The van der Waals surface area contributed by atoms with Gasteiger partial charge in [0.05, 0.1) is 15.7 Å². The molecule has 0 fully saturated rings. The Hall–Kier alpha value is -1.01. The van der Waals surface area contributed by atoms with Gasteiger partial charge in [0.15, 0.2) is 0 Å². The van der Waals surface area contributed by atoms with E-state index in [1.54, 1.807) is 0 Å². The highest BCUT2D eigenvalue weighted by Gasteiger charge is 2.39. The van der Waals surface area contributed by atoms with Gasteiger partial charge in [-0.05, 0) is 12.1 Å². The van der Waals surface area contributed by atoms with Crippen molar-refractivity contribution in [2.75, 3.05) is 5.32 Å². The van der Waals surface area contributed by atoms with E-state index in [4.69, 9.17) is 23.2 Å². The average Bonchev–Trinajstić information content (AvgIpc) is 2.08. The molecule has 2 nitrogen and oxygen atoms in total. The summed E-state index contributed by atoms with van der Waals surface area (Å²) in [6.45, 7) is 0. The summed E-state index contributed by atoms with van der Waals surface area (Å²) in [6.07, 6.45) is -5.07. The molecule has 0 spiro atoms.